The molecule has 0 aromatic carbocycles. The molecule has 6 fully saturated rings. The molecule has 6 rings (SSSR count). The van der Waals surface area contributed by atoms with Crippen molar-refractivity contribution in [1.82, 2.24) is 0 Å². The average Bonchev–Trinajstić information content (AvgIpc) is 3.46. The van der Waals surface area contributed by atoms with E-state index in [1.165, 1.54) is 13.3 Å². The van der Waals surface area contributed by atoms with Gasteiger partial charge in [0.05, 0.1) is 49.7 Å². The van der Waals surface area contributed by atoms with Gasteiger partial charge in [0.2, 0.25) is 0 Å². The van der Waals surface area contributed by atoms with Gasteiger partial charge in [-0.3, -0.25) is 4.79 Å². The van der Waals surface area contributed by atoms with Crippen LogP contribution in [-0.2, 0) is 58.4 Å². The molecule has 4 aliphatic heterocycles. The minimum atomic E-state index is -5.53. The number of hydrogen-bond acceptors (Lipinski definition) is 17. The predicted octanol–water partition coefficient (Wildman–Crippen LogP) is 5.75. The molecule has 0 bridgehead atoms. The number of rotatable bonds is 12. The van der Waals surface area contributed by atoms with Crippen LogP contribution in [0, 0.1) is 71.0 Å². The zero-order valence-electron chi connectivity index (χ0n) is 49.4. The normalized spacial score (nSPS) is 46.0. The number of halogens is 8. The second-order valence-corrected chi connectivity index (χ2v) is 23.4. The van der Waals surface area contributed by atoms with Crippen LogP contribution >= 0.6 is 37.2 Å². The largest absolute Gasteiger partial charge is 0.459 e. The van der Waals surface area contributed by atoms with Gasteiger partial charge in [-0.05, 0) is 84.9 Å². The molecule has 2 saturated carbocycles. The summed E-state index contributed by atoms with van der Waals surface area (Å²) in [7, 11) is 0. The Bertz CT molecular complexity index is 1750. The van der Waals surface area contributed by atoms with E-state index in [1.54, 1.807) is 13.8 Å². The number of carbonyl (C=O) groups excluding carboxylic acids is 1. The molecule has 0 spiro atoms. The first kappa shape index (κ1) is 82.5. The van der Waals surface area contributed by atoms with Crippen molar-refractivity contribution in [3.63, 3.8) is 0 Å². The van der Waals surface area contributed by atoms with Gasteiger partial charge in [0.15, 0.2) is 6.29 Å². The molecular weight excluding hydrogens is 1430 g/mol. The summed E-state index contributed by atoms with van der Waals surface area (Å²) in [4.78, 5) is 12.0. The molecule has 82 heavy (non-hydrogen) atoms. The Hall–Kier alpha value is 0.492. The molecule has 28 heteroatoms. The molecular formula is C54H98F6I2O19Pd. The Kier molecular flexibility index (Phi) is 34.8. The molecule has 0 amide bonds. The Morgan fingerprint density at radius 1 is 0.524 bits per heavy atom. The van der Waals surface area contributed by atoms with Crippen LogP contribution in [0.25, 0.3) is 0 Å². The number of aliphatic hydroxyl groups is 9. The molecule has 0 radical (unpaired) electrons. The van der Waals surface area contributed by atoms with Gasteiger partial charge in [-0.1, -0.05) is 110 Å². The first-order chi connectivity index (χ1) is 36.6. The molecule has 29 unspecified atom stereocenters. The maximum atomic E-state index is 13.5. The van der Waals surface area contributed by atoms with Crippen LogP contribution in [0.2, 0.25) is 0 Å². The molecule has 4 heterocycles. The molecule has 0 aromatic rings. The summed E-state index contributed by atoms with van der Waals surface area (Å²) in [6.45, 7) is 27.4. The summed E-state index contributed by atoms with van der Waals surface area (Å²) in [6.07, 6.45) is -24.0. The summed E-state index contributed by atoms with van der Waals surface area (Å²) in [5, 5.41) is 87.0. The van der Waals surface area contributed by atoms with Gasteiger partial charge in [0.25, 0.3) is 11.6 Å². The van der Waals surface area contributed by atoms with Crippen molar-refractivity contribution in [2.24, 2.45) is 71.0 Å². The van der Waals surface area contributed by atoms with Crippen molar-refractivity contribution in [1.29, 1.82) is 0 Å². The van der Waals surface area contributed by atoms with Crippen LogP contribution in [0.1, 0.15) is 135 Å². The first-order valence-corrected chi connectivity index (χ1v) is 34.4. The summed E-state index contributed by atoms with van der Waals surface area (Å²) in [5.74, 6) is -4.02. The van der Waals surface area contributed by atoms with E-state index in [0.717, 1.165) is 37.5 Å². The van der Waals surface area contributed by atoms with Crippen LogP contribution in [0.5, 0.6) is 0 Å². The van der Waals surface area contributed by atoms with Gasteiger partial charge in [0, 0.05) is 63.6 Å². The van der Waals surface area contributed by atoms with E-state index in [-0.39, 0.29) is 73.6 Å². The second-order valence-electron chi connectivity index (χ2n) is 23.4. The third kappa shape index (κ3) is 17.9. The van der Waals surface area contributed by atoms with Crippen molar-refractivity contribution in [3.8, 4) is 0 Å². The summed E-state index contributed by atoms with van der Waals surface area (Å²) in [6, 6.07) is 0. The Morgan fingerprint density at radius 3 is 1.33 bits per heavy atom. The first-order valence-electron chi connectivity index (χ1n) is 28.1. The predicted molar refractivity (Wildman–Crippen MR) is 301 cm³/mol. The summed E-state index contributed by atoms with van der Waals surface area (Å²) in [5.41, 5.74) is 0. The molecule has 494 valence electrons. The fourth-order valence-electron chi connectivity index (χ4n) is 12.6. The average molecular weight is 1530 g/mol. The van der Waals surface area contributed by atoms with Gasteiger partial charge in [-0.2, -0.15) is 26.3 Å². The zero-order chi connectivity index (χ0) is 60.8. The fraction of sp³-hybridized carbons (Fsp3) is 0.981. The van der Waals surface area contributed by atoms with E-state index in [4.69, 9.17) is 33.5 Å². The smallest absolute Gasteiger partial charge is 0.446 e. The number of hydrogen-bond donors (Lipinski definition) is 9. The second kappa shape index (κ2) is 34.6. The van der Waals surface area contributed by atoms with Crippen LogP contribution in [0.15, 0.2) is 0 Å². The van der Waals surface area contributed by atoms with Crippen LogP contribution in [0.3, 0.4) is 0 Å². The number of aliphatic hydroxyl groups excluding tert-OH is 7. The quantitative estimate of drug-likeness (QED) is 0.0486. The van der Waals surface area contributed by atoms with E-state index >= 15 is 0 Å². The van der Waals surface area contributed by atoms with Gasteiger partial charge in [-0.15, -0.1) is 0 Å². The maximum absolute atomic E-state index is 13.5. The monoisotopic (exact) mass is 1520 g/mol. The third-order valence-electron chi connectivity index (χ3n) is 19.4. The van der Waals surface area contributed by atoms with Gasteiger partial charge < -0.3 is 90.1 Å². The van der Waals surface area contributed by atoms with Crippen molar-refractivity contribution in [2.45, 2.75) is 251 Å². The number of esters is 1. The Morgan fingerprint density at radius 2 is 0.939 bits per heavy atom. The molecule has 2 aliphatic carbocycles. The molecule has 29 atom stereocenters. The summed E-state index contributed by atoms with van der Waals surface area (Å²) < 4.78 is 118. The van der Waals surface area contributed by atoms with E-state index in [2.05, 4.69) is 111 Å². The number of alkyl halides is 6. The summed E-state index contributed by atoms with van der Waals surface area (Å²) >= 11 is 4.24. The Labute approximate surface area is 516 Å². The van der Waals surface area contributed by atoms with E-state index in [9.17, 15) is 72.0 Å². The maximum Gasteiger partial charge on any atom is 0.446 e. The molecule has 19 nitrogen and oxygen atoms in total. The SMILES string of the molecule is CCC1CC(OC2C(CC)OC(=O)C(C)C2C)C(C)C(C)C1C.CCC1CC(OC2C(CC)OC(O)(C(F)(F)F)C(C)C2C)C(C)C(C)C1C.II.O.O.OCC1OC(OC2C(CO)OC(O)(C(F)(F)F)C(O)C2O)C(O)C(O)C1O.[Pd]. The van der Waals surface area contributed by atoms with Gasteiger partial charge in [0.1, 0.15) is 54.9 Å². The van der Waals surface area contributed by atoms with Crippen LogP contribution in [0.4, 0.5) is 26.3 Å². The Balaban J connectivity index is 0.00000116. The standard InChI is InChI=1S/C21H37F3O3.C20H36O3.C13H21F3O11.I2.2H2O.Pd/c1-8-16-10-18(13(5)11(3)12(16)4)26-19-14(6)15(7)20(25,21(22,23)24)27-17(19)9-2;1-8-16-10-18(13(5)11(3)12(16)4)22-19-14(6)15(7)20(21)23-17(19)9-2;14-13(15,16)12(24)10(23)8(22)9(4(2-18)27-12)26-11-7(21)6(20)5(19)3(1-17)25-11;1-2;;;/h11-19,25H,8-10H2,1-7H3;11-19H,8-10H2,1-7H3;3-11,17-24H,1-2H2;;2*1H2;. The minimum Gasteiger partial charge on any atom is -0.459 e. The van der Waals surface area contributed by atoms with Crippen molar-refractivity contribution >= 4 is 43.2 Å². The van der Waals surface area contributed by atoms with Gasteiger partial charge >= 0.3 is 18.3 Å². The van der Waals surface area contributed by atoms with Crippen LogP contribution < -0.4 is 0 Å². The topological polar surface area (TPSA) is 327 Å². The van der Waals surface area contributed by atoms with Crippen LogP contribution in [-0.4, -0.2) is 192 Å². The van der Waals surface area contributed by atoms with Crippen molar-refractivity contribution in [2.75, 3.05) is 13.2 Å². The van der Waals surface area contributed by atoms with Crippen molar-refractivity contribution in [3.05, 3.63) is 0 Å². The number of ether oxygens (including phenoxy) is 7. The van der Waals surface area contributed by atoms with Crippen molar-refractivity contribution < 1.29 is 142 Å². The molecule has 0 aromatic heterocycles. The molecule has 4 saturated heterocycles. The number of cyclic esters (lactones) is 1. The molecule has 6 aliphatic rings. The third-order valence-corrected chi connectivity index (χ3v) is 19.4. The minimum absolute atomic E-state index is 0. The van der Waals surface area contributed by atoms with Gasteiger partial charge in [-0.25, -0.2) is 0 Å². The zero-order valence-corrected chi connectivity index (χ0v) is 55.2. The van der Waals surface area contributed by atoms with E-state index in [0.29, 0.717) is 41.9 Å². The van der Waals surface area contributed by atoms with E-state index in [1.807, 2.05) is 6.92 Å². The fourth-order valence-corrected chi connectivity index (χ4v) is 12.6. The number of carbonyl (C=O) groups is 1. The van der Waals surface area contributed by atoms with E-state index < -0.39 is 116 Å². The molecule has 13 N–H and O–H groups in total.